The molecule has 0 saturated carbocycles. The average Bonchev–Trinajstić information content (AvgIpc) is 2.69. The lowest BCUT2D eigenvalue weighted by atomic mass is 10.1. The van der Waals surface area contributed by atoms with Gasteiger partial charge in [0.25, 0.3) is 5.91 Å². The number of amides is 1. The molecule has 1 amide bonds. The Labute approximate surface area is 151 Å². The van der Waals surface area contributed by atoms with Crippen molar-refractivity contribution in [1.82, 2.24) is 5.32 Å². The maximum atomic E-state index is 11.8. The molecule has 5 heteroatoms. The van der Waals surface area contributed by atoms with E-state index in [-0.39, 0.29) is 12.5 Å². The topological polar surface area (TPSA) is 71.3 Å². The molecule has 0 atom stereocenters. The number of hydrogen-bond donors (Lipinski definition) is 1. The largest absolute Gasteiger partial charge is 0.492 e. The van der Waals surface area contributed by atoms with E-state index >= 15 is 0 Å². The standard InChI is InChI=1S/C21H18N2O3/c22-14-18-7-3-4-8-20(18)26-15-21(24)23-11-12-25-19-10-9-16-5-1-2-6-17(16)13-19/h1-10,13H,11-12,15H2,(H,23,24). The number of hydrogen-bond acceptors (Lipinski definition) is 4. The molecule has 3 aromatic rings. The van der Waals surface area contributed by atoms with Crippen LogP contribution in [0, 0.1) is 11.3 Å². The molecule has 0 aliphatic carbocycles. The Kier molecular flexibility index (Phi) is 5.69. The van der Waals surface area contributed by atoms with E-state index in [1.54, 1.807) is 24.3 Å². The molecule has 0 heterocycles. The molecule has 0 bridgehead atoms. The summed E-state index contributed by atoms with van der Waals surface area (Å²) in [5.41, 5.74) is 0.403. The zero-order valence-electron chi connectivity index (χ0n) is 14.1. The van der Waals surface area contributed by atoms with Gasteiger partial charge >= 0.3 is 0 Å². The third kappa shape index (κ3) is 4.52. The highest BCUT2D eigenvalue weighted by Crippen LogP contribution is 2.20. The maximum Gasteiger partial charge on any atom is 0.258 e. The van der Waals surface area contributed by atoms with Crippen molar-refractivity contribution in [3.8, 4) is 17.6 Å². The molecule has 0 fully saturated rings. The molecule has 0 radical (unpaired) electrons. The van der Waals surface area contributed by atoms with Crippen LogP contribution in [0.1, 0.15) is 5.56 Å². The number of benzene rings is 3. The predicted molar refractivity (Wildman–Crippen MR) is 99.1 cm³/mol. The van der Waals surface area contributed by atoms with E-state index in [0.717, 1.165) is 16.5 Å². The minimum absolute atomic E-state index is 0.144. The molecule has 0 aliphatic heterocycles. The molecule has 3 aromatic carbocycles. The molecule has 130 valence electrons. The Morgan fingerprint density at radius 3 is 2.58 bits per heavy atom. The number of fused-ring (bicyclic) bond motifs is 1. The van der Waals surface area contributed by atoms with Crippen LogP contribution in [0.15, 0.2) is 66.7 Å². The normalized spacial score (nSPS) is 10.1. The summed E-state index contributed by atoms with van der Waals surface area (Å²) in [6.07, 6.45) is 0. The van der Waals surface area contributed by atoms with E-state index in [2.05, 4.69) is 5.32 Å². The smallest absolute Gasteiger partial charge is 0.258 e. The van der Waals surface area contributed by atoms with Crippen LogP contribution in [0.2, 0.25) is 0 Å². The van der Waals surface area contributed by atoms with Crippen LogP contribution < -0.4 is 14.8 Å². The van der Waals surface area contributed by atoms with Crippen LogP contribution >= 0.6 is 0 Å². The summed E-state index contributed by atoms with van der Waals surface area (Å²) < 4.78 is 11.0. The Hall–Kier alpha value is -3.52. The van der Waals surface area contributed by atoms with Gasteiger partial charge in [-0.25, -0.2) is 0 Å². The van der Waals surface area contributed by atoms with E-state index in [9.17, 15) is 4.79 Å². The Morgan fingerprint density at radius 1 is 0.962 bits per heavy atom. The van der Waals surface area contributed by atoms with Crippen LogP contribution in [0.5, 0.6) is 11.5 Å². The third-order valence-electron chi connectivity index (χ3n) is 3.78. The first-order chi connectivity index (χ1) is 12.8. The highest BCUT2D eigenvalue weighted by atomic mass is 16.5. The van der Waals surface area contributed by atoms with E-state index < -0.39 is 0 Å². The molecular formula is C21H18N2O3. The number of para-hydroxylation sites is 1. The quantitative estimate of drug-likeness (QED) is 0.667. The van der Waals surface area contributed by atoms with Gasteiger partial charge in [0, 0.05) is 0 Å². The maximum absolute atomic E-state index is 11.8. The average molecular weight is 346 g/mol. The fraction of sp³-hybridized carbons (Fsp3) is 0.143. The van der Waals surface area contributed by atoms with Crippen LogP contribution in [0.4, 0.5) is 0 Å². The summed E-state index contributed by atoms with van der Waals surface area (Å²) in [6, 6.07) is 22.8. The lowest BCUT2D eigenvalue weighted by Crippen LogP contribution is -2.32. The highest BCUT2D eigenvalue weighted by molar-refractivity contribution is 5.83. The summed E-state index contributed by atoms with van der Waals surface area (Å²) in [5.74, 6) is 0.898. The molecule has 0 spiro atoms. The van der Waals surface area contributed by atoms with Gasteiger partial charge in [0.15, 0.2) is 6.61 Å². The molecule has 0 saturated heterocycles. The second-order valence-corrected chi connectivity index (χ2v) is 5.60. The van der Waals surface area contributed by atoms with Crippen molar-refractivity contribution in [2.24, 2.45) is 0 Å². The van der Waals surface area contributed by atoms with Gasteiger partial charge in [-0.2, -0.15) is 5.26 Å². The van der Waals surface area contributed by atoms with Crippen molar-refractivity contribution < 1.29 is 14.3 Å². The summed E-state index contributed by atoms with van der Waals surface area (Å²) in [6.45, 7) is 0.586. The Morgan fingerprint density at radius 2 is 1.73 bits per heavy atom. The monoisotopic (exact) mass is 346 g/mol. The molecule has 5 nitrogen and oxygen atoms in total. The number of carbonyl (C=O) groups excluding carboxylic acids is 1. The molecular weight excluding hydrogens is 328 g/mol. The number of nitrogens with one attached hydrogen (secondary N) is 1. The van der Waals surface area contributed by atoms with Crippen LogP contribution in [0.25, 0.3) is 10.8 Å². The van der Waals surface area contributed by atoms with Crippen LogP contribution in [-0.4, -0.2) is 25.7 Å². The minimum Gasteiger partial charge on any atom is -0.492 e. The molecule has 0 unspecified atom stereocenters. The summed E-state index contributed by atoms with van der Waals surface area (Å²) in [7, 11) is 0. The third-order valence-corrected chi connectivity index (χ3v) is 3.78. The first-order valence-corrected chi connectivity index (χ1v) is 8.26. The number of nitrogens with zero attached hydrogens (tertiary/aromatic N) is 1. The van der Waals surface area contributed by atoms with E-state index in [1.807, 2.05) is 48.5 Å². The van der Waals surface area contributed by atoms with Gasteiger partial charge in [0.05, 0.1) is 12.1 Å². The first kappa shape index (κ1) is 17.3. The van der Waals surface area contributed by atoms with Gasteiger partial charge in [-0.3, -0.25) is 4.79 Å². The van der Waals surface area contributed by atoms with Crippen LogP contribution in [-0.2, 0) is 4.79 Å². The second-order valence-electron chi connectivity index (χ2n) is 5.60. The SMILES string of the molecule is N#Cc1ccccc1OCC(=O)NCCOc1ccc2ccccc2c1. The van der Waals surface area contributed by atoms with Gasteiger partial charge < -0.3 is 14.8 Å². The zero-order chi connectivity index (χ0) is 18.2. The summed E-state index contributed by atoms with van der Waals surface area (Å²) in [5, 5.41) is 14.0. The van der Waals surface area contributed by atoms with Crippen molar-refractivity contribution in [2.75, 3.05) is 19.8 Å². The van der Waals surface area contributed by atoms with E-state index in [4.69, 9.17) is 14.7 Å². The van der Waals surface area contributed by atoms with Crippen LogP contribution in [0.3, 0.4) is 0 Å². The number of carbonyl (C=O) groups is 1. The number of nitriles is 1. The predicted octanol–water partition coefficient (Wildman–Crippen LogP) is 3.29. The first-order valence-electron chi connectivity index (χ1n) is 8.26. The lowest BCUT2D eigenvalue weighted by molar-refractivity contribution is -0.123. The van der Waals surface area contributed by atoms with Gasteiger partial charge in [-0.05, 0) is 35.0 Å². The second kappa shape index (κ2) is 8.54. The van der Waals surface area contributed by atoms with Gasteiger partial charge in [-0.15, -0.1) is 0 Å². The fourth-order valence-corrected chi connectivity index (χ4v) is 2.50. The van der Waals surface area contributed by atoms with E-state index in [0.29, 0.717) is 24.5 Å². The lowest BCUT2D eigenvalue weighted by Gasteiger charge is -2.10. The number of ether oxygens (including phenoxy) is 2. The summed E-state index contributed by atoms with van der Waals surface area (Å²) in [4.78, 5) is 11.8. The molecule has 26 heavy (non-hydrogen) atoms. The molecule has 0 aliphatic rings. The number of rotatable bonds is 7. The van der Waals surface area contributed by atoms with Gasteiger partial charge in [0.1, 0.15) is 24.2 Å². The molecule has 0 aromatic heterocycles. The fourth-order valence-electron chi connectivity index (χ4n) is 2.50. The zero-order valence-corrected chi connectivity index (χ0v) is 14.1. The highest BCUT2D eigenvalue weighted by Gasteiger charge is 2.06. The van der Waals surface area contributed by atoms with E-state index in [1.165, 1.54) is 0 Å². The minimum atomic E-state index is -0.264. The van der Waals surface area contributed by atoms with Gasteiger partial charge in [-0.1, -0.05) is 42.5 Å². The Balaban J connectivity index is 1.41. The van der Waals surface area contributed by atoms with Crippen molar-refractivity contribution in [3.05, 3.63) is 72.3 Å². The molecule has 1 N–H and O–H groups in total. The summed E-state index contributed by atoms with van der Waals surface area (Å²) >= 11 is 0. The van der Waals surface area contributed by atoms with Crippen molar-refractivity contribution in [1.29, 1.82) is 5.26 Å². The van der Waals surface area contributed by atoms with Crippen molar-refractivity contribution >= 4 is 16.7 Å². The van der Waals surface area contributed by atoms with Crippen molar-refractivity contribution in [3.63, 3.8) is 0 Å². The molecule has 3 rings (SSSR count). The Bertz CT molecular complexity index is 947. The van der Waals surface area contributed by atoms with Crippen molar-refractivity contribution in [2.45, 2.75) is 0 Å². The van der Waals surface area contributed by atoms with Gasteiger partial charge in [0.2, 0.25) is 0 Å².